The fourth-order valence-corrected chi connectivity index (χ4v) is 1.98. The van der Waals surface area contributed by atoms with Crippen molar-refractivity contribution in [3.8, 4) is 0 Å². The normalized spacial score (nSPS) is 12.5. The number of carbonyl (C=O) groups excluding carboxylic acids is 1. The molecule has 1 amide bonds. The van der Waals surface area contributed by atoms with Crippen LogP contribution in [0.1, 0.15) is 77.6 Å². The quantitative estimate of drug-likeness (QED) is 0.377. The fraction of sp³-hybridized carbons (Fsp3) is 0.933. The first-order valence-corrected chi connectivity index (χ1v) is 7.74. The minimum absolute atomic E-state index is 0.274. The highest BCUT2D eigenvalue weighted by Crippen LogP contribution is 2.10. The Balaban J connectivity index is 3.16. The van der Waals surface area contributed by atoms with E-state index in [1.54, 1.807) is 0 Å². The number of hydrogen-bond acceptors (Lipinski definition) is 3. The third kappa shape index (κ3) is 15.3. The molecule has 19 heavy (non-hydrogen) atoms. The van der Waals surface area contributed by atoms with Crippen molar-refractivity contribution in [2.75, 3.05) is 6.61 Å². The Bertz CT molecular complexity index is 210. The third-order valence-electron chi connectivity index (χ3n) is 3.18. The third-order valence-corrected chi connectivity index (χ3v) is 3.18. The van der Waals surface area contributed by atoms with E-state index in [4.69, 9.17) is 10.5 Å². The first-order chi connectivity index (χ1) is 9.16. The molecule has 0 rings (SSSR count). The second kappa shape index (κ2) is 13.8. The molecule has 0 fully saturated rings. The number of hydrogen-bond donors (Lipinski definition) is 2. The Labute approximate surface area is 117 Å². The minimum atomic E-state index is -0.649. The van der Waals surface area contributed by atoms with Gasteiger partial charge in [0.15, 0.2) is 6.29 Å². The van der Waals surface area contributed by atoms with Crippen LogP contribution in [0.2, 0.25) is 0 Å². The molecule has 0 saturated heterocycles. The Kier molecular flexibility index (Phi) is 13.4. The van der Waals surface area contributed by atoms with Crippen LogP contribution >= 0.6 is 0 Å². The van der Waals surface area contributed by atoms with Crippen molar-refractivity contribution in [3.05, 3.63) is 0 Å². The van der Waals surface area contributed by atoms with Gasteiger partial charge in [0.2, 0.25) is 5.91 Å². The van der Waals surface area contributed by atoms with Crippen molar-refractivity contribution >= 4 is 5.91 Å². The molecular formula is C15H31NO3. The molecule has 0 heterocycles. The van der Waals surface area contributed by atoms with Crippen LogP contribution in [0.5, 0.6) is 0 Å². The van der Waals surface area contributed by atoms with Crippen LogP contribution in [0.4, 0.5) is 0 Å². The lowest BCUT2D eigenvalue weighted by molar-refractivity contribution is -0.118. The van der Waals surface area contributed by atoms with Gasteiger partial charge in [-0.05, 0) is 25.7 Å². The van der Waals surface area contributed by atoms with E-state index in [1.807, 2.05) is 0 Å². The molecule has 0 aliphatic heterocycles. The Hall–Kier alpha value is -0.610. The standard InChI is InChI=1S/C15H31NO3/c1-2-3-4-5-6-7-8-12-15(18)19-13-10-9-11-14(16)17/h15,18H,2-13H2,1H3,(H2,16,17). The van der Waals surface area contributed by atoms with Gasteiger partial charge in [0, 0.05) is 13.0 Å². The van der Waals surface area contributed by atoms with Crippen molar-refractivity contribution in [1.29, 1.82) is 0 Å². The Morgan fingerprint density at radius 3 is 2.32 bits per heavy atom. The van der Waals surface area contributed by atoms with Gasteiger partial charge >= 0.3 is 0 Å². The summed E-state index contributed by atoms with van der Waals surface area (Å²) in [7, 11) is 0. The van der Waals surface area contributed by atoms with Gasteiger partial charge in [-0.2, -0.15) is 0 Å². The van der Waals surface area contributed by atoms with Gasteiger partial charge in [-0.15, -0.1) is 0 Å². The number of rotatable bonds is 14. The van der Waals surface area contributed by atoms with Crippen molar-refractivity contribution < 1.29 is 14.6 Å². The first-order valence-electron chi connectivity index (χ1n) is 7.74. The molecule has 4 heteroatoms. The largest absolute Gasteiger partial charge is 0.370 e. The number of nitrogens with two attached hydrogens (primary N) is 1. The van der Waals surface area contributed by atoms with Crippen molar-refractivity contribution in [2.45, 2.75) is 83.8 Å². The number of ether oxygens (including phenoxy) is 1. The second-order valence-corrected chi connectivity index (χ2v) is 5.16. The maximum Gasteiger partial charge on any atom is 0.217 e. The molecule has 0 aliphatic rings. The number of primary amides is 1. The molecule has 1 atom stereocenters. The lowest BCUT2D eigenvalue weighted by atomic mass is 10.1. The van der Waals surface area contributed by atoms with Crippen LogP contribution < -0.4 is 5.73 Å². The number of aliphatic hydroxyl groups excluding tert-OH is 1. The lowest BCUT2D eigenvalue weighted by Gasteiger charge is -2.11. The second-order valence-electron chi connectivity index (χ2n) is 5.16. The summed E-state index contributed by atoms with van der Waals surface area (Å²) >= 11 is 0. The van der Waals surface area contributed by atoms with Gasteiger partial charge in [-0.1, -0.05) is 45.4 Å². The summed E-state index contributed by atoms with van der Waals surface area (Å²) in [5.41, 5.74) is 5.03. The van der Waals surface area contributed by atoms with E-state index in [-0.39, 0.29) is 5.91 Å². The van der Waals surface area contributed by atoms with Gasteiger partial charge in [0.1, 0.15) is 0 Å². The van der Waals surface area contributed by atoms with E-state index in [9.17, 15) is 9.90 Å². The molecule has 0 radical (unpaired) electrons. The Morgan fingerprint density at radius 2 is 1.68 bits per heavy atom. The van der Waals surface area contributed by atoms with Crippen LogP contribution in [0, 0.1) is 0 Å². The predicted molar refractivity (Wildman–Crippen MR) is 77.6 cm³/mol. The molecule has 114 valence electrons. The minimum Gasteiger partial charge on any atom is -0.370 e. The van der Waals surface area contributed by atoms with Gasteiger partial charge < -0.3 is 15.6 Å². The summed E-state index contributed by atoms with van der Waals surface area (Å²) in [6, 6.07) is 0. The predicted octanol–water partition coefficient (Wildman–Crippen LogP) is 3.12. The summed E-state index contributed by atoms with van der Waals surface area (Å²) < 4.78 is 5.27. The molecule has 0 spiro atoms. The van der Waals surface area contributed by atoms with Crippen LogP contribution in [0.15, 0.2) is 0 Å². The lowest BCUT2D eigenvalue weighted by Crippen LogP contribution is -2.14. The van der Waals surface area contributed by atoms with E-state index in [1.165, 1.54) is 38.5 Å². The number of carbonyl (C=O) groups is 1. The van der Waals surface area contributed by atoms with E-state index < -0.39 is 6.29 Å². The number of aliphatic hydroxyl groups is 1. The summed E-state index contributed by atoms with van der Waals surface area (Å²) in [4.78, 5) is 10.5. The van der Waals surface area contributed by atoms with E-state index >= 15 is 0 Å². The molecule has 1 unspecified atom stereocenters. The Morgan fingerprint density at radius 1 is 1.05 bits per heavy atom. The van der Waals surface area contributed by atoms with Gasteiger partial charge in [-0.25, -0.2) is 0 Å². The molecule has 0 bridgehead atoms. The number of amides is 1. The van der Waals surface area contributed by atoms with Crippen molar-refractivity contribution in [3.63, 3.8) is 0 Å². The summed E-state index contributed by atoms with van der Waals surface area (Å²) in [5, 5.41) is 9.58. The molecule has 4 nitrogen and oxygen atoms in total. The van der Waals surface area contributed by atoms with E-state index in [0.717, 1.165) is 19.3 Å². The summed E-state index contributed by atoms with van der Waals surface area (Å²) in [5.74, 6) is -0.274. The zero-order valence-electron chi connectivity index (χ0n) is 12.4. The molecule has 0 aromatic carbocycles. The topological polar surface area (TPSA) is 72.6 Å². The average Bonchev–Trinajstić information content (AvgIpc) is 2.37. The highest BCUT2D eigenvalue weighted by atomic mass is 16.6. The van der Waals surface area contributed by atoms with E-state index in [0.29, 0.717) is 19.4 Å². The zero-order chi connectivity index (χ0) is 14.3. The molecular weight excluding hydrogens is 242 g/mol. The molecule has 0 aromatic rings. The van der Waals surface area contributed by atoms with Gasteiger partial charge in [0.25, 0.3) is 0 Å². The smallest absolute Gasteiger partial charge is 0.217 e. The van der Waals surface area contributed by atoms with Crippen LogP contribution in [0.25, 0.3) is 0 Å². The van der Waals surface area contributed by atoms with Crippen molar-refractivity contribution in [2.24, 2.45) is 5.73 Å². The summed E-state index contributed by atoms with van der Waals surface area (Å²) in [6.45, 7) is 2.72. The van der Waals surface area contributed by atoms with Crippen molar-refractivity contribution in [1.82, 2.24) is 0 Å². The highest BCUT2D eigenvalue weighted by Gasteiger charge is 2.03. The van der Waals surface area contributed by atoms with Gasteiger partial charge in [0.05, 0.1) is 0 Å². The maximum absolute atomic E-state index is 10.5. The monoisotopic (exact) mass is 273 g/mol. The average molecular weight is 273 g/mol. The zero-order valence-corrected chi connectivity index (χ0v) is 12.4. The van der Waals surface area contributed by atoms with Crippen LogP contribution in [0.3, 0.4) is 0 Å². The first kappa shape index (κ1) is 18.4. The number of unbranched alkanes of at least 4 members (excludes halogenated alkanes) is 7. The SMILES string of the molecule is CCCCCCCCCC(O)OCCCCC(N)=O. The van der Waals surface area contributed by atoms with E-state index in [2.05, 4.69) is 6.92 Å². The molecule has 0 saturated carbocycles. The molecule has 3 N–H and O–H groups in total. The fourth-order valence-electron chi connectivity index (χ4n) is 1.98. The molecule has 0 aromatic heterocycles. The van der Waals surface area contributed by atoms with Crippen LogP contribution in [-0.2, 0) is 9.53 Å². The van der Waals surface area contributed by atoms with Gasteiger partial charge in [-0.3, -0.25) is 4.79 Å². The maximum atomic E-state index is 10.5. The molecule has 0 aliphatic carbocycles. The highest BCUT2D eigenvalue weighted by molar-refractivity contribution is 5.73. The van der Waals surface area contributed by atoms with Crippen LogP contribution in [-0.4, -0.2) is 23.9 Å². The summed E-state index contributed by atoms with van der Waals surface area (Å²) in [6.07, 6.45) is 10.7.